The van der Waals surface area contributed by atoms with Gasteiger partial charge >= 0.3 is 36.3 Å². The van der Waals surface area contributed by atoms with E-state index < -0.39 is 57.9 Å². The van der Waals surface area contributed by atoms with Crippen LogP contribution in [0.5, 0.6) is 0 Å². The molecule has 0 atom stereocenters. The number of anilines is 2. The Morgan fingerprint density at radius 1 is 0.889 bits per heavy atom. The monoisotopic (exact) mass is 432 g/mol. The molecule has 0 aromatic carbocycles. The third-order valence-electron chi connectivity index (χ3n) is 2.33. The zero-order valence-corrected chi connectivity index (χ0v) is 12.7. The number of carbonyl (C=O) groups excluding carboxylic acids is 3. The van der Waals surface area contributed by atoms with Crippen molar-refractivity contribution in [3.05, 3.63) is 11.3 Å². The number of aromatic nitrogens is 2. The lowest BCUT2D eigenvalue weighted by Gasteiger charge is -2.21. The van der Waals surface area contributed by atoms with Gasteiger partial charge in [-0.15, -0.1) is 0 Å². The summed E-state index contributed by atoms with van der Waals surface area (Å²) < 4.78 is 111. The van der Waals surface area contributed by atoms with Crippen molar-refractivity contribution in [2.75, 3.05) is 10.2 Å². The van der Waals surface area contributed by atoms with E-state index >= 15 is 0 Å². The van der Waals surface area contributed by atoms with Crippen LogP contribution in [0, 0.1) is 0 Å². The average molecular weight is 433 g/mol. The van der Waals surface area contributed by atoms with Gasteiger partial charge in [0.15, 0.2) is 5.15 Å². The number of amides is 3. The molecule has 1 aromatic heterocycles. The highest BCUT2D eigenvalue weighted by molar-refractivity contribution is 6.32. The summed E-state index contributed by atoms with van der Waals surface area (Å²) in [5.74, 6) is -11.1. The molecular formula is C10H2ClF9N4O3. The van der Waals surface area contributed by atoms with Gasteiger partial charge in [-0.2, -0.15) is 44.5 Å². The predicted molar refractivity (Wildman–Crippen MR) is 66.3 cm³/mol. The van der Waals surface area contributed by atoms with Gasteiger partial charge in [0.05, 0.1) is 11.9 Å². The Morgan fingerprint density at radius 3 is 1.67 bits per heavy atom. The van der Waals surface area contributed by atoms with Crippen molar-refractivity contribution in [1.82, 2.24) is 9.97 Å². The fourth-order valence-corrected chi connectivity index (χ4v) is 1.44. The summed E-state index contributed by atoms with van der Waals surface area (Å²) in [5, 5.41) is -0.203. The molecule has 0 aliphatic rings. The molecule has 0 fully saturated rings. The molecule has 0 spiro atoms. The molecule has 0 unspecified atom stereocenters. The summed E-state index contributed by atoms with van der Waals surface area (Å²) in [7, 11) is 0. The van der Waals surface area contributed by atoms with Crippen molar-refractivity contribution in [3.63, 3.8) is 0 Å². The van der Waals surface area contributed by atoms with Crippen molar-refractivity contribution < 1.29 is 53.9 Å². The second-order valence-electron chi connectivity index (χ2n) is 4.27. The molecule has 0 radical (unpaired) electrons. The molecule has 7 nitrogen and oxygen atoms in total. The van der Waals surface area contributed by atoms with Gasteiger partial charge in [-0.25, -0.2) is 9.88 Å². The van der Waals surface area contributed by atoms with E-state index in [1.54, 1.807) is 0 Å². The summed E-state index contributed by atoms with van der Waals surface area (Å²) in [4.78, 5) is 36.9. The van der Waals surface area contributed by atoms with Crippen LogP contribution in [0.3, 0.4) is 0 Å². The highest BCUT2D eigenvalue weighted by atomic mass is 35.5. The van der Waals surface area contributed by atoms with Gasteiger partial charge in [0.2, 0.25) is 5.95 Å². The van der Waals surface area contributed by atoms with E-state index in [4.69, 9.17) is 11.6 Å². The van der Waals surface area contributed by atoms with E-state index in [-0.39, 0.29) is 6.20 Å². The number of nitrogens with zero attached hydrogens (tertiary/aromatic N) is 3. The SMILES string of the molecule is O=C(Nc1cnc(N(C(=O)C(F)(F)F)C(=O)C(F)(F)F)nc1Cl)C(F)(F)F. The molecule has 1 aromatic rings. The van der Waals surface area contributed by atoms with Crippen LogP contribution in [0.2, 0.25) is 5.15 Å². The van der Waals surface area contributed by atoms with Crippen LogP contribution < -0.4 is 10.2 Å². The van der Waals surface area contributed by atoms with Gasteiger partial charge in [-0.05, 0) is 0 Å². The molecule has 0 bridgehead atoms. The minimum atomic E-state index is -5.97. The minimum absolute atomic E-state index is 0.0641. The van der Waals surface area contributed by atoms with Crippen molar-refractivity contribution in [1.29, 1.82) is 0 Å². The van der Waals surface area contributed by atoms with Gasteiger partial charge in [0.1, 0.15) is 0 Å². The van der Waals surface area contributed by atoms with Crippen molar-refractivity contribution in [2.24, 2.45) is 0 Å². The predicted octanol–water partition coefficient (Wildman–Crippen LogP) is 2.61. The number of halogens is 10. The van der Waals surface area contributed by atoms with Crippen LogP contribution >= 0.6 is 11.6 Å². The van der Waals surface area contributed by atoms with Crippen LogP contribution in [-0.4, -0.2) is 46.2 Å². The number of rotatable bonds is 2. The maximum atomic E-state index is 12.4. The number of imide groups is 1. The van der Waals surface area contributed by atoms with E-state index in [9.17, 15) is 53.9 Å². The summed E-state index contributed by atoms with van der Waals surface area (Å²) in [5.41, 5.74) is -1.07. The van der Waals surface area contributed by atoms with Crippen molar-refractivity contribution >= 4 is 41.0 Å². The summed E-state index contributed by atoms with van der Waals surface area (Å²) in [6, 6.07) is 0. The first-order valence-electron chi connectivity index (χ1n) is 5.89. The zero-order chi connectivity index (χ0) is 21.4. The Labute approximate surface area is 146 Å². The summed E-state index contributed by atoms with van der Waals surface area (Å²) in [6.07, 6.45) is -17.3. The zero-order valence-electron chi connectivity index (χ0n) is 11.9. The van der Waals surface area contributed by atoms with Crippen molar-refractivity contribution in [3.8, 4) is 0 Å². The molecule has 1 heterocycles. The molecule has 1 rings (SSSR count). The molecule has 27 heavy (non-hydrogen) atoms. The second kappa shape index (κ2) is 7.16. The number of alkyl halides is 9. The Balaban J connectivity index is 3.37. The van der Waals surface area contributed by atoms with Gasteiger partial charge in [-0.1, -0.05) is 11.6 Å². The first-order chi connectivity index (χ1) is 12.0. The molecule has 0 saturated heterocycles. The lowest BCUT2D eigenvalue weighted by atomic mass is 10.4. The van der Waals surface area contributed by atoms with Crippen molar-refractivity contribution in [2.45, 2.75) is 18.5 Å². The third kappa shape index (κ3) is 5.41. The number of hydrogen-bond acceptors (Lipinski definition) is 5. The van der Waals surface area contributed by atoms with Crippen LogP contribution in [0.15, 0.2) is 6.20 Å². The lowest BCUT2D eigenvalue weighted by Crippen LogP contribution is -2.51. The molecule has 3 amide bonds. The Morgan fingerprint density at radius 2 is 1.33 bits per heavy atom. The van der Waals surface area contributed by atoms with Crippen LogP contribution in [0.4, 0.5) is 51.1 Å². The topological polar surface area (TPSA) is 92.3 Å². The maximum Gasteiger partial charge on any atom is 0.472 e. The van der Waals surface area contributed by atoms with E-state index in [2.05, 4.69) is 9.97 Å². The first-order valence-corrected chi connectivity index (χ1v) is 6.27. The fourth-order valence-electron chi connectivity index (χ4n) is 1.26. The van der Waals surface area contributed by atoms with Crippen LogP contribution in [0.1, 0.15) is 0 Å². The first kappa shape index (κ1) is 22.4. The molecule has 0 aliphatic carbocycles. The van der Waals surface area contributed by atoms with Gasteiger partial charge in [0, 0.05) is 0 Å². The van der Waals surface area contributed by atoms with Crippen LogP contribution in [0.25, 0.3) is 0 Å². The molecule has 1 N–H and O–H groups in total. The lowest BCUT2D eigenvalue weighted by molar-refractivity contribution is -0.182. The number of nitrogens with one attached hydrogen (secondary N) is 1. The molecule has 150 valence electrons. The van der Waals surface area contributed by atoms with Gasteiger partial charge < -0.3 is 5.32 Å². The van der Waals surface area contributed by atoms with Crippen LogP contribution in [-0.2, 0) is 14.4 Å². The van der Waals surface area contributed by atoms with E-state index in [1.807, 2.05) is 0 Å². The maximum absolute atomic E-state index is 12.4. The quantitative estimate of drug-likeness (QED) is 0.573. The van der Waals surface area contributed by atoms with E-state index in [0.717, 1.165) is 5.32 Å². The standard InChI is InChI=1S/C10H2ClF9N4O3/c11-3-2(22-4(25)8(12,13)14)1-21-7(23-3)24(5(26)9(15,16)17)6(27)10(18,19)20/h1H,(H,22,25). The number of carbonyl (C=O) groups is 3. The fraction of sp³-hybridized carbons (Fsp3) is 0.300. The van der Waals surface area contributed by atoms with Gasteiger partial charge in [-0.3, -0.25) is 14.4 Å². The Bertz CT molecular complexity index is 749. The molecule has 17 heteroatoms. The normalized spacial score (nSPS) is 12.5. The number of hydrogen-bond donors (Lipinski definition) is 1. The third-order valence-corrected chi connectivity index (χ3v) is 2.61. The Hall–Kier alpha value is -2.65. The molecule has 0 aliphatic heterocycles. The van der Waals surface area contributed by atoms with E-state index in [0.29, 0.717) is 0 Å². The Kier molecular flexibility index (Phi) is 5.94. The molecular weight excluding hydrogens is 431 g/mol. The summed E-state index contributed by atoms with van der Waals surface area (Å²) >= 11 is 5.26. The van der Waals surface area contributed by atoms with E-state index in [1.165, 1.54) is 0 Å². The largest absolute Gasteiger partial charge is 0.472 e. The minimum Gasteiger partial charge on any atom is -0.314 e. The smallest absolute Gasteiger partial charge is 0.314 e. The second-order valence-corrected chi connectivity index (χ2v) is 4.63. The molecule has 0 saturated carbocycles. The van der Waals surface area contributed by atoms with Gasteiger partial charge in [0.25, 0.3) is 0 Å². The highest BCUT2D eigenvalue weighted by Crippen LogP contribution is 2.29. The average Bonchev–Trinajstić information content (AvgIpc) is 2.46. The summed E-state index contributed by atoms with van der Waals surface area (Å²) in [6.45, 7) is 0. The highest BCUT2D eigenvalue weighted by Gasteiger charge is 2.54.